The second-order valence-corrected chi connectivity index (χ2v) is 4.82. The molecule has 0 radical (unpaired) electrons. The summed E-state index contributed by atoms with van der Waals surface area (Å²) >= 11 is 0. The Morgan fingerprint density at radius 3 is 2.77 bits per heavy atom. The molecule has 22 heavy (non-hydrogen) atoms. The number of hydrogen-bond acceptors (Lipinski definition) is 4. The summed E-state index contributed by atoms with van der Waals surface area (Å²) in [6, 6.07) is 5.14. The highest BCUT2D eigenvalue weighted by Gasteiger charge is 2.16. The third-order valence-corrected chi connectivity index (χ3v) is 3.41. The lowest BCUT2D eigenvalue weighted by atomic mass is 10.1. The van der Waals surface area contributed by atoms with Crippen LogP contribution in [0.5, 0.6) is 0 Å². The Kier molecular flexibility index (Phi) is 3.38. The number of aromatic nitrogens is 3. The standard InChI is InChI=1S/C15H14N4O3/c1-8-12(7-17-19-8)14(20)18-9-5-11(15(21)22-2)10-3-4-16-13(10)6-9/h3-7,16H,1-2H3,(H,17,19)(H,18,20). The maximum absolute atomic E-state index is 12.2. The van der Waals surface area contributed by atoms with Gasteiger partial charge in [0.2, 0.25) is 0 Å². The lowest BCUT2D eigenvalue weighted by Crippen LogP contribution is -2.13. The van der Waals surface area contributed by atoms with E-state index in [9.17, 15) is 9.59 Å². The van der Waals surface area contributed by atoms with Crippen molar-refractivity contribution in [3.05, 3.63) is 47.4 Å². The molecule has 0 saturated carbocycles. The zero-order valence-electron chi connectivity index (χ0n) is 12.1. The molecule has 0 aliphatic heterocycles. The van der Waals surface area contributed by atoms with Crippen molar-refractivity contribution in [3.8, 4) is 0 Å². The summed E-state index contributed by atoms with van der Waals surface area (Å²) in [7, 11) is 1.32. The second kappa shape index (κ2) is 5.36. The van der Waals surface area contributed by atoms with Crippen molar-refractivity contribution in [3.63, 3.8) is 0 Å². The number of carbonyl (C=O) groups excluding carboxylic acids is 2. The van der Waals surface area contributed by atoms with Crippen molar-refractivity contribution < 1.29 is 14.3 Å². The number of esters is 1. The highest BCUT2D eigenvalue weighted by Crippen LogP contribution is 2.24. The fraction of sp³-hybridized carbons (Fsp3) is 0.133. The molecule has 3 rings (SSSR count). The van der Waals surface area contributed by atoms with Crippen LogP contribution in [0.15, 0.2) is 30.6 Å². The Labute approximate surface area is 125 Å². The number of ether oxygens (including phenoxy) is 1. The molecule has 0 aliphatic carbocycles. The molecule has 0 fully saturated rings. The number of aryl methyl sites for hydroxylation is 1. The summed E-state index contributed by atoms with van der Waals surface area (Å²) in [5.74, 6) is -0.756. The van der Waals surface area contributed by atoms with Gasteiger partial charge in [0, 0.05) is 28.5 Å². The van der Waals surface area contributed by atoms with Crippen molar-refractivity contribution in [2.24, 2.45) is 0 Å². The van der Waals surface area contributed by atoms with Crippen molar-refractivity contribution in [2.45, 2.75) is 6.92 Å². The van der Waals surface area contributed by atoms with Crippen molar-refractivity contribution in [2.75, 3.05) is 12.4 Å². The monoisotopic (exact) mass is 298 g/mol. The quantitative estimate of drug-likeness (QED) is 0.645. The van der Waals surface area contributed by atoms with E-state index < -0.39 is 5.97 Å². The van der Waals surface area contributed by atoms with Gasteiger partial charge in [0.25, 0.3) is 5.91 Å². The molecule has 0 spiro atoms. The number of H-pyrrole nitrogens is 2. The van der Waals surface area contributed by atoms with Crippen LogP contribution in [0.3, 0.4) is 0 Å². The van der Waals surface area contributed by atoms with Gasteiger partial charge in [0.1, 0.15) is 0 Å². The Balaban J connectivity index is 1.99. The first-order valence-corrected chi connectivity index (χ1v) is 6.61. The minimum Gasteiger partial charge on any atom is -0.465 e. The van der Waals surface area contributed by atoms with Gasteiger partial charge in [0.15, 0.2) is 0 Å². The Bertz CT molecular complexity index is 863. The number of benzene rings is 1. The number of rotatable bonds is 3. The van der Waals surface area contributed by atoms with E-state index in [-0.39, 0.29) is 5.91 Å². The van der Waals surface area contributed by atoms with E-state index in [1.807, 2.05) is 0 Å². The van der Waals surface area contributed by atoms with Crippen LogP contribution in [0.2, 0.25) is 0 Å². The van der Waals surface area contributed by atoms with Crippen LogP contribution in [0.25, 0.3) is 10.9 Å². The number of anilines is 1. The van der Waals surface area contributed by atoms with Gasteiger partial charge in [-0.2, -0.15) is 5.10 Å². The molecular weight excluding hydrogens is 284 g/mol. The first-order chi connectivity index (χ1) is 10.6. The van der Waals surface area contributed by atoms with Gasteiger partial charge in [-0.15, -0.1) is 0 Å². The fourth-order valence-corrected chi connectivity index (χ4v) is 2.30. The minimum atomic E-state index is -0.458. The molecule has 3 N–H and O–H groups in total. The molecule has 112 valence electrons. The van der Waals surface area contributed by atoms with Gasteiger partial charge in [0.05, 0.1) is 24.4 Å². The molecule has 0 unspecified atom stereocenters. The molecule has 2 heterocycles. The van der Waals surface area contributed by atoms with E-state index in [0.29, 0.717) is 22.5 Å². The Morgan fingerprint density at radius 1 is 1.27 bits per heavy atom. The average Bonchev–Trinajstić information content (AvgIpc) is 3.13. The van der Waals surface area contributed by atoms with E-state index in [1.54, 1.807) is 31.3 Å². The molecule has 7 heteroatoms. The zero-order valence-corrected chi connectivity index (χ0v) is 12.1. The average molecular weight is 298 g/mol. The molecule has 1 amide bonds. The molecule has 1 aromatic carbocycles. The third kappa shape index (κ3) is 2.32. The molecule has 0 bridgehead atoms. The number of aromatic amines is 2. The maximum Gasteiger partial charge on any atom is 0.338 e. The van der Waals surface area contributed by atoms with Crippen molar-refractivity contribution >= 4 is 28.5 Å². The van der Waals surface area contributed by atoms with E-state index >= 15 is 0 Å². The predicted molar refractivity (Wildman–Crippen MR) is 80.9 cm³/mol. The summed E-state index contributed by atoms with van der Waals surface area (Å²) in [5.41, 5.74) is 2.75. The smallest absolute Gasteiger partial charge is 0.338 e. The van der Waals surface area contributed by atoms with Gasteiger partial charge in [-0.05, 0) is 25.1 Å². The van der Waals surface area contributed by atoms with Crippen LogP contribution in [0.1, 0.15) is 26.4 Å². The Morgan fingerprint density at radius 2 is 2.09 bits per heavy atom. The molecule has 3 aromatic rings. The molecule has 7 nitrogen and oxygen atoms in total. The van der Waals surface area contributed by atoms with Gasteiger partial charge >= 0.3 is 5.97 Å². The van der Waals surface area contributed by atoms with Gasteiger partial charge in [-0.3, -0.25) is 9.89 Å². The predicted octanol–water partition coefficient (Wildman–Crippen LogP) is 2.24. The highest BCUT2D eigenvalue weighted by molar-refractivity contribution is 6.09. The number of nitrogens with one attached hydrogen (secondary N) is 3. The number of carbonyl (C=O) groups is 2. The van der Waals surface area contributed by atoms with Crippen molar-refractivity contribution in [1.29, 1.82) is 0 Å². The van der Waals surface area contributed by atoms with E-state index in [2.05, 4.69) is 20.5 Å². The summed E-state index contributed by atoms with van der Waals surface area (Å²) in [6.45, 7) is 1.76. The lowest BCUT2D eigenvalue weighted by Gasteiger charge is -2.08. The summed E-state index contributed by atoms with van der Waals surface area (Å²) in [5, 5.41) is 10.0. The van der Waals surface area contributed by atoms with Crippen LogP contribution < -0.4 is 5.32 Å². The van der Waals surface area contributed by atoms with E-state index in [4.69, 9.17) is 4.74 Å². The first kappa shape index (κ1) is 13.9. The van der Waals surface area contributed by atoms with Crippen LogP contribution in [0, 0.1) is 6.92 Å². The van der Waals surface area contributed by atoms with Crippen molar-refractivity contribution in [1.82, 2.24) is 15.2 Å². The van der Waals surface area contributed by atoms with Crippen LogP contribution in [-0.2, 0) is 4.74 Å². The second-order valence-electron chi connectivity index (χ2n) is 4.82. The summed E-state index contributed by atoms with van der Waals surface area (Å²) in [6.07, 6.45) is 3.18. The Hall–Kier alpha value is -3.09. The number of amides is 1. The highest BCUT2D eigenvalue weighted by atomic mass is 16.5. The third-order valence-electron chi connectivity index (χ3n) is 3.41. The number of fused-ring (bicyclic) bond motifs is 1. The van der Waals surface area contributed by atoms with Crippen LogP contribution in [-0.4, -0.2) is 34.2 Å². The van der Waals surface area contributed by atoms with Gasteiger partial charge in [-0.1, -0.05) is 0 Å². The molecule has 2 aromatic heterocycles. The van der Waals surface area contributed by atoms with Gasteiger partial charge < -0.3 is 15.0 Å². The summed E-state index contributed by atoms with van der Waals surface area (Å²) < 4.78 is 4.78. The molecular formula is C15H14N4O3. The summed E-state index contributed by atoms with van der Waals surface area (Å²) in [4.78, 5) is 27.1. The van der Waals surface area contributed by atoms with Gasteiger partial charge in [-0.25, -0.2) is 4.79 Å². The largest absolute Gasteiger partial charge is 0.465 e. The van der Waals surface area contributed by atoms with E-state index in [0.717, 1.165) is 10.9 Å². The fourth-order valence-electron chi connectivity index (χ4n) is 2.30. The number of nitrogens with zero attached hydrogens (tertiary/aromatic N) is 1. The normalized spacial score (nSPS) is 10.6. The molecule has 0 atom stereocenters. The number of methoxy groups -OCH3 is 1. The zero-order chi connectivity index (χ0) is 15.7. The lowest BCUT2D eigenvalue weighted by molar-refractivity contribution is 0.0603. The van der Waals surface area contributed by atoms with E-state index in [1.165, 1.54) is 13.3 Å². The number of hydrogen-bond donors (Lipinski definition) is 3. The topological polar surface area (TPSA) is 99.9 Å². The molecule has 0 aliphatic rings. The SMILES string of the molecule is COC(=O)c1cc(NC(=O)c2cn[nH]c2C)cc2[nH]ccc12. The van der Waals surface area contributed by atoms with Crippen LogP contribution >= 0.6 is 0 Å². The molecule has 0 saturated heterocycles. The maximum atomic E-state index is 12.2. The minimum absolute atomic E-state index is 0.298. The first-order valence-electron chi connectivity index (χ1n) is 6.61. The van der Waals surface area contributed by atoms with Crippen LogP contribution in [0.4, 0.5) is 5.69 Å².